The number of phenolic OH excluding ortho intramolecular Hbond substituents is 1. The zero-order valence-corrected chi connectivity index (χ0v) is 22.4. The number of phenols is 1. The van der Waals surface area contributed by atoms with Gasteiger partial charge in [-0.3, -0.25) is 14.4 Å². The highest BCUT2D eigenvalue weighted by Crippen LogP contribution is 2.26. The molecule has 0 radical (unpaired) electrons. The number of aliphatic hydroxyl groups excluding tert-OH is 1. The molecule has 1 aliphatic rings. The van der Waals surface area contributed by atoms with Crippen LogP contribution < -0.4 is 10.6 Å². The third-order valence-electron chi connectivity index (χ3n) is 6.29. The molecule has 3 amide bonds. The van der Waals surface area contributed by atoms with Gasteiger partial charge in [0.25, 0.3) is 11.8 Å². The fraction of sp³-hybridized carbons (Fsp3) is 0.444. The minimum absolute atomic E-state index is 0.0169. The molecule has 1 aliphatic heterocycles. The normalized spacial score (nSPS) is 19.1. The van der Waals surface area contributed by atoms with E-state index < -0.39 is 58.5 Å². The Morgan fingerprint density at radius 1 is 1.18 bits per heavy atom. The van der Waals surface area contributed by atoms with Gasteiger partial charge in [-0.05, 0) is 64.3 Å². The van der Waals surface area contributed by atoms with Gasteiger partial charge in [-0.2, -0.15) is 0 Å². The van der Waals surface area contributed by atoms with Crippen LogP contribution in [0.25, 0.3) is 0 Å². The lowest BCUT2D eigenvalue weighted by molar-refractivity contribution is -0.146. The number of nitrogens with one attached hydrogen (secondary N) is 2. The SMILES string of the molecule is Cc1c(O)cccc1C(=O)N[C@@H](Cc1ccc(F)cc1F)[C@H](O)C(=O)N1C[C@@H](Cl)C[C@H]1C(=O)NC(C)(C)C. The molecule has 38 heavy (non-hydrogen) atoms. The zero-order chi connectivity index (χ0) is 28.4. The van der Waals surface area contributed by atoms with Crippen molar-refractivity contribution >= 4 is 29.3 Å². The van der Waals surface area contributed by atoms with Gasteiger partial charge in [0.1, 0.15) is 23.4 Å². The zero-order valence-electron chi connectivity index (χ0n) is 21.6. The van der Waals surface area contributed by atoms with Crippen LogP contribution in [0.5, 0.6) is 5.75 Å². The van der Waals surface area contributed by atoms with Crippen LogP contribution in [0, 0.1) is 18.6 Å². The molecule has 4 N–H and O–H groups in total. The number of hydrogen-bond acceptors (Lipinski definition) is 5. The number of rotatable bonds is 7. The highest BCUT2D eigenvalue weighted by atomic mass is 35.5. The number of likely N-dealkylation sites (tertiary alicyclic amines) is 1. The van der Waals surface area contributed by atoms with Gasteiger partial charge >= 0.3 is 0 Å². The summed E-state index contributed by atoms with van der Waals surface area (Å²) in [5, 5.41) is 25.9. The fourth-order valence-corrected chi connectivity index (χ4v) is 4.67. The minimum atomic E-state index is -1.90. The van der Waals surface area contributed by atoms with Crippen molar-refractivity contribution in [1.29, 1.82) is 0 Å². The number of amides is 3. The molecule has 0 saturated carbocycles. The molecule has 206 valence electrons. The van der Waals surface area contributed by atoms with E-state index in [1.807, 2.05) is 0 Å². The number of hydrogen-bond donors (Lipinski definition) is 4. The van der Waals surface area contributed by atoms with E-state index in [1.165, 1.54) is 25.1 Å². The van der Waals surface area contributed by atoms with Gasteiger partial charge in [-0.1, -0.05) is 12.1 Å². The monoisotopic (exact) mass is 551 g/mol. The third-order valence-corrected chi connectivity index (χ3v) is 6.61. The molecule has 0 bridgehead atoms. The summed E-state index contributed by atoms with van der Waals surface area (Å²) < 4.78 is 28.0. The molecule has 0 aliphatic carbocycles. The number of alkyl halides is 1. The summed E-state index contributed by atoms with van der Waals surface area (Å²) in [4.78, 5) is 40.6. The summed E-state index contributed by atoms with van der Waals surface area (Å²) in [7, 11) is 0. The van der Waals surface area contributed by atoms with Crippen molar-refractivity contribution in [1.82, 2.24) is 15.5 Å². The molecular weight excluding hydrogens is 520 g/mol. The molecule has 0 spiro atoms. The molecule has 2 aromatic rings. The summed E-state index contributed by atoms with van der Waals surface area (Å²) in [5.41, 5.74) is -0.278. The summed E-state index contributed by atoms with van der Waals surface area (Å²) in [6.07, 6.45) is -2.10. The number of aliphatic hydroxyl groups is 1. The molecule has 1 heterocycles. The molecule has 1 saturated heterocycles. The molecule has 0 unspecified atom stereocenters. The quantitative estimate of drug-likeness (QED) is 0.395. The second kappa shape index (κ2) is 11.7. The van der Waals surface area contributed by atoms with Crippen molar-refractivity contribution in [2.24, 2.45) is 0 Å². The van der Waals surface area contributed by atoms with Crippen molar-refractivity contribution in [2.45, 2.75) is 69.6 Å². The molecular formula is C27H32ClF2N3O5. The van der Waals surface area contributed by atoms with Crippen LogP contribution in [0.15, 0.2) is 36.4 Å². The first-order valence-corrected chi connectivity index (χ1v) is 12.6. The van der Waals surface area contributed by atoms with Crippen LogP contribution in [0.4, 0.5) is 8.78 Å². The Bertz CT molecular complexity index is 1220. The molecule has 1 fully saturated rings. The third kappa shape index (κ3) is 6.99. The maximum Gasteiger partial charge on any atom is 0.254 e. The van der Waals surface area contributed by atoms with Gasteiger partial charge in [-0.15, -0.1) is 11.6 Å². The number of aromatic hydroxyl groups is 1. The van der Waals surface area contributed by atoms with Gasteiger partial charge in [-0.25, -0.2) is 8.78 Å². The molecule has 11 heteroatoms. The van der Waals surface area contributed by atoms with Crippen molar-refractivity contribution in [3.63, 3.8) is 0 Å². The summed E-state index contributed by atoms with van der Waals surface area (Å²) >= 11 is 6.27. The van der Waals surface area contributed by atoms with E-state index in [0.717, 1.165) is 17.0 Å². The molecule has 3 rings (SSSR count). The first kappa shape index (κ1) is 29.3. The van der Waals surface area contributed by atoms with Gasteiger partial charge < -0.3 is 25.7 Å². The standard InChI is InChI=1S/C27H32ClF2N3O5/c1-14-18(6-5-7-22(14)34)24(36)31-20(10-15-8-9-17(29)12-19(15)30)23(35)26(38)33-13-16(28)11-21(33)25(37)32-27(2,3)4/h5-9,12,16,20-21,23,34-35H,10-11,13H2,1-4H3,(H,31,36)(H,32,37)/t16-,20-,21-,23-/m0/s1. The topological polar surface area (TPSA) is 119 Å². The van der Waals surface area contributed by atoms with Gasteiger partial charge in [0.2, 0.25) is 5.91 Å². The Morgan fingerprint density at radius 3 is 2.50 bits per heavy atom. The summed E-state index contributed by atoms with van der Waals surface area (Å²) in [6, 6.07) is 4.82. The Kier molecular flexibility index (Phi) is 8.99. The highest BCUT2D eigenvalue weighted by Gasteiger charge is 2.43. The average molecular weight is 552 g/mol. The number of nitrogens with zero attached hydrogens (tertiary/aromatic N) is 1. The second-order valence-corrected chi connectivity index (χ2v) is 11.1. The maximum absolute atomic E-state index is 14.5. The van der Waals surface area contributed by atoms with E-state index in [1.54, 1.807) is 20.8 Å². The predicted molar refractivity (Wildman–Crippen MR) is 138 cm³/mol. The molecule has 0 aromatic heterocycles. The largest absolute Gasteiger partial charge is 0.508 e. The lowest BCUT2D eigenvalue weighted by Crippen LogP contribution is -2.57. The van der Waals surface area contributed by atoms with E-state index >= 15 is 0 Å². The predicted octanol–water partition coefficient (Wildman–Crippen LogP) is 2.80. The number of carbonyl (C=O) groups excluding carboxylic acids is 3. The first-order valence-electron chi connectivity index (χ1n) is 12.2. The van der Waals surface area contributed by atoms with E-state index in [-0.39, 0.29) is 41.8 Å². The lowest BCUT2D eigenvalue weighted by Gasteiger charge is -2.32. The minimum Gasteiger partial charge on any atom is -0.508 e. The lowest BCUT2D eigenvalue weighted by atomic mass is 9.98. The van der Waals surface area contributed by atoms with Crippen LogP contribution in [-0.2, 0) is 16.0 Å². The average Bonchev–Trinajstić information content (AvgIpc) is 3.21. The van der Waals surface area contributed by atoms with Gasteiger partial charge in [0.05, 0.1) is 11.4 Å². The Hall–Kier alpha value is -3.24. The Balaban J connectivity index is 1.91. The van der Waals surface area contributed by atoms with E-state index in [2.05, 4.69) is 10.6 Å². The van der Waals surface area contributed by atoms with Crippen molar-refractivity contribution in [2.75, 3.05) is 6.54 Å². The van der Waals surface area contributed by atoms with Crippen LogP contribution in [0.3, 0.4) is 0 Å². The van der Waals surface area contributed by atoms with E-state index in [4.69, 9.17) is 11.6 Å². The van der Waals surface area contributed by atoms with Crippen LogP contribution in [0.2, 0.25) is 0 Å². The molecule has 4 atom stereocenters. The summed E-state index contributed by atoms with van der Waals surface area (Å²) in [5.74, 6) is -3.90. The number of halogens is 3. The van der Waals surface area contributed by atoms with Crippen LogP contribution in [0.1, 0.15) is 48.7 Å². The smallest absolute Gasteiger partial charge is 0.254 e. The first-order chi connectivity index (χ1) is 17.7. The maximum atomic E-state index is 14.5. The fourth-order valence-electron chi connectivity index (χ4n) is 4.35. The van der Waals surface area contributed by atoms with Crippen molar-refractivity contribution in [3.05, 3.63) is 64.7 Å². The Labute approximate surface area is 225 Å². The van der Waals surface area contributed by atoms with Crippen molar-refractivity contribution in [3.8, 4) is 5.75 Å². The highest BCUT2D eigenvalue weighted by molar-refractivity contribution is 6.21. The van der Waals surface area contributed by atoms with E-state index in [0.29, 0.717) is 6.07 Å². The second-order valence-electron chi connectivity index (χ2n) is 10.5. The van der Waals surface area contributed by atoms with Gasteiger partial charge in [0, 0.05) is 29.3 Å². The number of carbonyl (C=O) groups is 3. The van der Waals surface area contributed by atoms with Crippen LogP contribution >= 0.6 is 11.6 Å². The Morgan fingerprint density at radius 2 is 1.87 bits per heavy atom. The van der Waals surface area contributed by atoms with Crippen molar-refractivity contribution < 1.29 is 33.4 Å². The van der Waals surface area contributed by atoms with Gasteiger partial charge in [0.15, 0.2) is 6.10 Å². The molecule has 2 aromatic carbocycles. The number of benzene rings is 2. The van der Waals surface area contributed by atoms with E-state index in [9.17, 15) is 33.4 Å². The summed E-state index contributed by atoms with van der Waals surface area (Å²) in [6.45, 7) is 6.85. The molecule has 8 nitrogen and oxygen atoms in total. The van der Waals surface area contributed by atoms with Crippen LogP contribution in [-0.4, -0.2) is 68.5 Å².